The molecule has 9 heteroatoms. The number of benzene rings is 3. The molecule has 186 valence electrons. The Bertz CT molecular complexity index is 1410. The van der Waals surface area contributed by atoms with Crippen LogP contribution in [0, 0.1) is 0 Å². The minimum absolute atomic E-state index is 0.109. The van der Waals surface area contributed by atoms with Gasteiger partial charge in [-0.05, 0) is 49.7 Å². The van der Waals surface area contributed by atoms with Gasteiger partial charge in [-0.2, -0.15) is 8.78 Å². The molecule has 6 nitrogen and oxygen atoms in total. The Hall–Kier alpha value is -3.46. The summed E-state index contributed by atoms with van der Waals surface area (Å²) in [5, 5.41) is 0. The van der Waals surface area contributed by atoms with E-state index >= 15 is 0 Å². The van der Waals surface area contributed by atoms with Crippen LogP contribution in [0.5, 0.6) is 11.5 Å². The van der Waals surface area contributed by atoms with Crippen LogP contribution in [-0.4, -0.2) is 28.6 Å². The fourth-order valence-corrected chi connectivity index (χ4v) is 4.98. The van der Waals surface area contributed by atoms with Gasteiger partial charge in [0.1, 0.15) is 23.9 Å². The van der Waals surface area contributed by atoms with E-state index in [-0.39, 0.29) is 24.3 Å². The molecule has 1 amide bonds. The lowest BCUT2D eigenvalue weighted by Crippen LogP contribution is -2.23. The molecular weight excluding hydrogens is 532 g/mol. The van der Waals surface area contributed by atoms with Crippen LogP contribution in [0.3, 0.4) is 0 Å². The minimum Gasteiger partial charge on any atom is -0.486 e. The number of para-hydroxylation sites is 1. The second kappa shape index (κ2) is 10.3. The summed E-state index contributed by atoms with van der Waals surface area (Å²) in [6.45, 7) is -0.167. The third kappa shape index (κ3) is 4.93. The monoisotopic (exact) mass is 555 g/mol. The number of halogens is 3. The summed E-state index contributed by atoms with van der Waals surface area (Å²) in [6.07, 6.45) is 1.40. The Morgan fingerprint density at radius 2 is 1.92 bits per heavy atom. The summed E-state index contributed by atoms with van der Waals surface area (Å²) < 4.78 is 39.9. The van der Waals surface area contributed by atoms with Crippen molar-refractivity contribution >= 4 is 38.6 Å². The van der Waals surface area contributed by atoms with E-state index in [1.807, 2.05) is 54.0 Å². The van der Waals surface area contributed by atoms with Gasteiger partial charge in [0, 0.05) is 34.8 Å². The van der Waals surface area contributed by atoms with Crippen LogP contribution in [0.1, 0.15) is 37.2 Å². The number of fused-ring (bicyclic) bond motifs is 1. The van der Waals surface area contributed by atoms with Gasteiger partial charge in [0.15, 0.2) is 0 Å². The van der Waals surface area contributed by atoms with E-state index in [4.69, 9.17) is 14.5 Å². The van der Waals surface area contributed by atoms with Crippen molar-refractivity contribution < 1.29 is 23.0 Å². The first-order chi connectivity index (χ1) is 17.4. The van der Waals surface area contributed by atoms with Crippen molar-refractivity contribution in [2.24, 2.45) is 0 Å². The van der Waals surface area contributed by atoms with Crippen LogP contribution in [-0.2, 0) is 11.4 Å². The highest BCUT2D eigenvalue weighted by molar-refractivity contribution is 9.10. The van der Waals surface area contributed by atoms with Crippen molar-refractivity contribution in [3.63, 3.8) is 0 Å². The largest absolute Gasteiger partial charge is 0.486 e. The molecule has 0 bridgehead atoms. The molecule has 1 unspecified atom stereocenters. The molecule has 36 heavy (non-hydrogen) atoms. The Morgan fingerprint density at radius 3 is 2.69 bits per heavy atom. The molecule has 0 N–H and O–H groups in total. The van der Waals surface area contributed by atoms with Gasteiger partial charge in [0.05, 0.1) is 17.1 Å². The highest BCUT2D eigenvalue weighted by Crippen LogP contribution is 2.34. The Morgan fingerprint density at radius 1 is 1.08 bits per heavy atom. The molecule has 5 rings (SSSR count). The normalized spacial score (nSPS) is 14.6. The van der Waals surface area contributed by atoms with Crippen molar-refractivity contribution in [2.75, 3.05) is 11.4 Å². The van der Waals surface area contributed by atoms with Crippen LogP contribution >= 0.6 is 15.9 Å². The van der Waals surface area contributed by atoms with E-state index < -0.39 is 6.61 Å². The fourth-order valence-electron chi connectivity index (χ4n) is 4.63. The summed E-state index contributed by atoms with van der Waals surface area (Å²) in [7, 11) is 0. The van der Waals surface area contributed by atoms with Crippen molar-refractivity contribution in [2.45, 2.75) is 39.0 Å². The maximum Gasteiger partial charge on any atom is 0.387 e. The third-order valence-electron chi connectivity index (χ3n) is 6.27. The first-order valence-corrected chi connectivity index (χ1v) is 12.4. The molecular formula is C27H24BrF2N3O3. The van der Waals surface area contributed by atoms with Gasteiger partial charge in [0.2, 0.25) is 5.91 Å². The van der Waals surface area contributed by atoms with Gasteiger partial charge in [-0.1, -0.05) is 40.2 Å². The molecule has 1 saturated heterocycles. The second-order valence-corrected chi connectivity index (χ2v) is 9.47. The molecule has 1 aromatic heterocycles. The van der Waals surface area contributed by atoms with Crippen molar-refractivity contribution in [3.8, 4) is 11.5 Å². The van der Waals surface area contributed by atoms with Gasteiger partial charge < -0.3 is 18.9 Å². The number of hydrogen-bond acceptors (Lipinski definition) is 4. The molecule has 4 aromatic rings. The number of hydrogen-bond donors (Lipinski definition) is 0. The predicted octanol–water partition coefficient (Wildman–Crippen LogP) is 6.72. The number of nitrogens with zero attached hydrogens (tertiary/aromatic N) is 3. The van der Waals surface area contributed by atoms with Gasteiger partial charge >= 0.3 is 6.61 Å². The number of anilines is 1. The summed E-state index contributed by atoms with van der Waals surface area (Å²) in [5.41, 5.74) is 3.00. The van der Waals surface area contributed by atoms with E-state index in [1.54, 1.807) is 23.1 Å². The Kier molecular flexibility index (Phi) is 6.91. The summed E-state index contributed by atoms with van der Waals surface area (Å²) in [6, 6.07) is 19.6. The molecule has 3 aromatic carbocycles. The molecule has 0 aliphatic carbocycles. The highest BCUT2D eigenvalue weighted by atomic mass is 79.9. The van der Waals surface area contributed by atoms with Crippen LogP contribution in [0.15, 0.2) is 71.2 Å². The predicted molar refractivity (Wildman–Crippen MR) is 137 cm³/mol. The number of carbonyl (C=O) groups is 1. The molecule has 0 spiro atoms. The molecule has 0 radical (unpaired) electrons. The molecule has 1 aliphatic rings. The van der Waals surface area contributed by atoms with E-state index in [2.05, 4.69) is 15.9 Å². The molecule has 1 aliphatic heterocycles. The average Bonchev–Trinajstić information content (AvgIpc) is 3.45. The maximum atomic E-state index is 13.1. The number of amides is 1. The van der Waals surface area contributed by atoms with Gasteiger partial charge in [-0.3, -0.25) is 4.79 Å². The molecule has 1 fully saturated rings. The van der Waals surface area contributed by atoms with Crippen molar-refractivity contribution in [1.29, 1.82) is 0 Å². The number of aromatic nitrogens is 2. The summed E-state index contributed by atoms with van der Waals surface area (Å²) >= 11 is 3.52. The lowest BCUT2D eigenvalue weighted by atomic mass is 10.1. The van der Waals surface area contributed by atoms with Crippen molar-refractivity contribution in [3.05, 3.63) is 82.6 Å². The van der Waals surface area contributed by atoms with E-state index in [0.29, 0.717) is 30.1 Å². The van der Waals surface area contributed by atoms with E-state index in [1.165, 1.54) is 6.07 Å². The first-order valence-electron chi connectivity index (χ1n) is 11.6. The van der Waals surface area contributed by atoms with Gasteiger partial charge in [0.25, 0.3) is 0 Å². The molecule has 2 heterocycles. The van der Waals surface area contributed by atoms with Gasteiger partial charge in [-0.15, -0.1) is 0 Å². The molecule has 1 atom stereocenters. The van der Waals surface area contributed by atoms with Crippen molar-refractivity contribution in [1.82, 2.24) is 9.55 Å². The maximum absolute atomic E-state index is 13.1. The third-order valence-corrected chi connectivity index (χ3v) is 6.76. The minimum atomic E-state index is -2.93. The first kappa shape index (κ1) is 24.2. The lowest BCUT2D eigenvalue weighted by molar-refractivity contribution is -0.117. The van der Waals surface area contributed by atoms with E-state index in [9.17, 15) is 13.6 Å². The highest BCUT2D eigenvalue weighted by Gasteiger charge is 2.23. The summed E-state index contributed by atoms with van der Waals surface area (Å²) in [5.74, 6) is 1.47. The number of rotatable bonds is 8. The number of imidazole rings is 1. The smallest absolute Gasteiger partial charge is 0.387 e. The number of ether oxygens (including phenoxy) is 2. The SMILES string of the molecule is CC(c1ccccc1OC(F)F)n1c(COc2cccc(N3CCCC3=O)c2)nc2ccc(Br)cc21. The quantitative estimate of drug-likeness (QED) is 0.242. The fraction of sp³-hybridized carbons (Fsp3) is 0.259. The number of carbonyl (C=O) groups excluding carboxylic acids is 1. The second-order valence-electron chi connectivity index (χ2n) is 8.56. The standard InChI is InChI=1S/C27H24BrF2N3O3/c1-17(21-8-2-3-9-24(21)36-27(29)30)33-23-14-18(28)11-12-22(23)31-25(33)16-35-20-7-4-6-19(15-20)32-13-5-10-26(32)34/h2-4,6-9,11-12,14-15,17,27H,5,10,13,16H2,1H3. The zero-order chi connectivity index (χ0) is 25.2. The Balaban J connectivity index is 1.49. The summed E-state index contributed by atoms with van der Waals surface area (Å²) in [4.78, 5) is 18.7. The zero-order valence-corrected chi connectivity index (χ0v) is 21.1. The van der Waals surface area contributed by atoms with Crippen LogP contribution in [0.25, 0.3) is 11.0 Å². The lowest BCUT2D eigenvalue weighted by Gasteiger charge is -2.21. The van der Waals surface area contributed by atoms with Gasteiger partial charge in [-0.25, -0.2) is 4.98 Å². The van der Waals surface area contributed by atoms with Crippen LogP contribution in [0.4, 0.5) is 14.5 Å². The zero-order valence-electron chi connectivity index (χ0n) is 19.5. The topological polar surface area (TPSA) is 56.6 Å². The Labute approximate surface area is 215 Å². The number of alkyl halides is 2. The average molecular weight is 556 g/mol. The van der Waals surface area contributed by atoms with E-state index in [0.717, 1.165) is 27.6 Å². The van der Waals surface area contributed by atoms with Crippen LogP contribution < -0.4 is 14.4 Å². The molecule has 0 saturated carbocycles. The van der Waals surface area contributed by atoms with Crippen LogP contribution in [0.2, 0.25) is 0 Å².